The van der Waals surface area contributed by atoms with Crippen molar-refractivity contribution in [1.82, 2.24) is 4.90 Å². The highest BCUT2D eigenvalue weighted by Gasteiger charge is 2.34. The topological polar surface area (TPSA) is 32.7 Å². The third-order valence-corrected chi connectivity index (χ3v) is 7.42. The Kier molecular flexibility index (Phi) is 5.89. The van der Waals surface area contributed by atoms with Crippen molar-refractivity contribution in [3.8, 4) is 0 Å². The summed E-state index contributed by atoms with van der Waals surface area (Å²) in [6, 6.07) is 18.9. The van der Waals surface area contributed by atoms with Gasteiger partial charge in [0.25, 0.3) is 0 Å². The van der Waals surface area contributed by atoms with Gasteiger partial charge in [0.15, 0.2) is 0 Å². The van der Waals surface area contributed by atoms with E-state index in [2.05, 4.69) is 36.1 Å². The van der Waals surface area contributed by atoms with Gasteiger partial charge in [0.1, 0.15) is 4.38 Å². The van der Waals surface area contributed by atoms with Gasteiger partial charge >= 0.3 is 0 Å². The van der Waals surface area contributed by atoms with Gasteiger partial charge in [0.05, 0.1) is 11.4 Å². The molecule has 1 fully saturated rings. The van der Waals surface area contributed by atoms with Gasteiger partial charge in [-0.25, -0.2) is 4.99 Å². The van der Waals surface area contributed by atoms with Crippen LogP contribution in [0.2, 0.25) is 0 Å². The molecule has 27 heavy (non-hydrogen) atoms. The lowest BCUT2D eigenvalue weighted by Gasteiger charge is -2.30. The van der Waals surface area contributed by atoms with Crippen LogP contribution in [0, 0.1) is 5.92 Å². The molecular formula is C22H24N2OS2. The lowest BCUT2D eigenvalue weighted by molar-refractivity contribution is -0.131. The van der Waals surface area contributed by atoms with Gasteiger partial charge in [0, 0.05) is 18.3 Å². The number of para-hydroxylation sites is 1. The molecule has 2 aromatic carbocycles. The Morgan fingerprint density at radius 3 is 2.70 bits per heavy atom. The van der Waals surface area contributed by atoms with Crippen LogP contribution in [0.5, 0.6) is 0 Å². The van der Waals surface area contributed by atoms with Gasteiger partial charge in [-0.3, -0.25) is 4.79 Å². The molecule has 140 valence electrons. The minimum Gasteiger partial charge on any atom is -0.335 e. The van der Waals surface area contributed by atoms with Crippen molar-refractivity contribution in [1.29, 1.82) is 0 Å². The fourth-order valence-electron chi connectivity index (χ4n) is 3.36. The first-order chi connectivity index (χ1) is 13.2. The quantitative estimate of drug-likeness (QED) is 0.648. The van der Waals surface area contributed by atoms with Crippen LogP contribution in [-0.2, 0) is 17.1 Å². The Balaban J connectivity index is 1.42. The molecule has 1 aliphatic heterocycles. The molecule has 1 aliphatic carbocycles. The molecule has 1 unspecified atom stereocenters. The van der Waals surface area contributed by atoms with Gasteiger partial charge in [-0.2, -0.15) is 0 Å². The van der Waals surface area contributed by atoms with Crippen molar-refractivity contribution in [2.24, 2.45) is 10.9 Å². The summed E-state index contributed by atoms with van der Waals surface area (Å²) in [5.74, 6) is 2.27. The summed E-state index contributed by atoms with van der Waals surface area (Å²) >= 11 is 3.31. The number of hydrogen-bond acceptors (Lipinski definition) is 4. The minimum absolute atomic E-state index is 0.213. The molecule has 5 heteroatoms. The molecule has 2 aromatic rings. The number of nitrogens with zero attached hydrogens (tertiary/aromatic N) is 2. The number of thioether (sulfide) groups is 2. The molecule has 0 saturated heterocycles. The van der Waals surface area contributed by atoms with Gasteiger partial charge in [0.2, 0.25) is 5.91 Å². The average molecular weight is 397 g/mol. The molecule has 4 rings (SSSR count). The first-order valence-corrected chi connectivity index (χ1v) is 11.4. The summed E-state index contributed by atoms with van der Waals surface area (Å²) in [5.41, 5.74) is 3.51. The van der Waals surface area contributed by atoms with Crippen LogP contribution < -0.4 is 0 Å². The van der Waals surface area contributed by atoms with Crippen molar-refractivity contribution in [3.05, 3.63) is 65.7 Å². The van der Waals surface area contributed by atoms with Crippen LogP contribution in [-0.4, -0.2) is 27.0 Å². The van der Waals surface area contributed by atoms with Crippen LogP contribution in [0.25, 0.3) is 0 Å². The van der Waals surface area contributed by atoms with Crippen molar-refractivity contribution >= 4 is 39.5 Å². The standard InChI is InChI=1S/C22H24N2OS2/c1-16(18-11-12-18)24(13-17-7-3-2-4-8-17)21(25)15-27-22-23-20-10-6-5-9-19(20)14-26-22/h2-10,16,18H,11-15H2,1H3. The number of amides is 1. The number of carbonyl (C=O) groups is 1. The summed E-state index contributed by atoms with van der Waals surface area (Å²) in [5, 5.41) is 0. The van der Waals surface area contributed by atoms with E-state index in [9.17, 15) is 4.79 Å². The Bertz CT molecular complexity index is 833. The van der Waals surface area contributed by atoms with Gasteiger partial charge in [-0.05, 0) is 42.9 Å². The number of carbonyl (C=O) groups excluding carboxylic acids is 1. The van der Waals surface area contributed by atoms with Crippen molar-refractivity contribution in [2.75, 3.05) is 5.75 Å². The van der Waals surface area contributed by atoms with Crippen LogP contribution in [0.4, 0.5) is 5.69 Å². The minimum atomic E-state index is 0.213. The number of benzene rings is 2. The molecule has 0 spiro atoms. The normalized spacial score (nSPS) is 17.0. The molecule has 3 nitrogen and oxygen atoms in total. The Morgan fingerprint density at radius 1 is 1.19 bits per heavy atom. The Morgan fingerprint density at radius 2 is 1.93 bits per heavy atom. The predicted molar refractivity (Wildman–Crippen MR) is 116 cm³/mol. The van der Waals surface area contributed by atoms with Gasteiger partial charge < -0.3 is 4.90 Å². The summed E-state index contributed by atoms with van der Waals surface area (Å²) in [6.07, 6.45) is 2.48. The number of rotatable bonds is 6. The van der Waals surface area contributed by atoms with E-state index in [1.165, 1.54) is 24.0 Å². The van der Waals surface area contributed by atoms with Gasteiger partial charge in [-0.1, -0.05) is 72.1 Å². The maximum Gasteiger partial charge on any atom is 0.233 e. The predicted octanol–water partition coefficient (Wildman–Crippen LogP) is 5.48. The van der Waals surface area contributed by atoms with Crippen molar-refractivity contribution in [2.45, 2.75) is 38.1 Å². The van der Waals surface area contributed by atoms with Crippen LogP contribution in [0.15, 0.2) is 59.6 Å². The molecule has 0 radical (unpaired) electrons. The van der Waals surface area contributed by atoms with Crippen LogP contribution in [0.3, 0.4) is 0 Å². The molecule has 0 aromatic heterocycles. The third kappa shape index (κ3) is 4.77. The Hall–Kier alpha value is -1.72. The highest BCUT2D eigenvalue weighted by atomic mass is 32.2. The van der Waals surface area contributed by atoms with E-state index in [0.29, 0.717) is 24.3 Å². The largest absolute Gasteiger partial charge is 0.335 e. The van der Waals surface area contributed by atoms with E-state index in [1.807, 2.05) is 30.3 Å². The lowest BCUT2D eigenvalue weighted by atomic mass is 10.1. The summed E-state index contributed by atoms with van der Waals surface area (Å²) in [7, 11) is 0. The highest BCUT2D eigenvalue weighted by Crippen LogP contribution is 2.37. The molecule has 1 atom stereocenters. The fraction of sp³-hybridized carbons (Fsp3) is 0.364. The zero-order valence-corrected chi connectivity index (χ0v) is 17.1. The molecule has 0 N–H and O–H groups in total. The maximum atomic E-state index is 13.1. The molecular weight excluding hydrogens is 372 g/mol. The lowest BCUT2D eigenvalue weighted by Crippen LogP contribution is -2.40. The first kappa shape index (κ1) is 18.6. The zero-order chi connectivity index (χ0) is 18.6. The van der Waals surface area contributed by atoms with E-state index in [-0.39, 0.29) is 5.91 Å². The number of fused-ring (bicyclic) bond motifs is 1. The molecule has 1 saturated carbocycles. The second kappa shape index (κ2) is 8.53. The third-order valence-electron chi connectivity index (χ3n) is 5.19. The number of hydrogen-bond donors (Lipinski definition) is 0. The number of aliphatic imine (C=N–C) groups is 1. The zero-order valence-electron chi connectivity index (χ0n) is 15.5. The molecule has 1 heterocycles. The highest BCUT2D eigenvalue weighted by molar-refractivity contribution is 8.38. The second-order valence-corrected chi connectivity index (χ2v) is 9.36. The monoisotopic (exact) mass is 396 g/mol. The van der Waals surface area contributed by atoms with Gasteiger partial charge in [-0.15, -0.1) is 0 Å². The summed E-state index contributed by atoms with van der Waals surface area (Å²) in [6.45, 7) is 2.90. The fourth-order valence-corrected chi connectivity index (χ4v) is 5.31. The van der Waals surface area contributed by atoms with Crippen LogP contribution >= 0.6 is 23.5 Å². The molecule has 1 amide bonds. The summed E-state index contributed by atoms with van der Waals surface area (Å²) in [4.78, 5) is 19.8. The SMILES string of the molecule is CC(C1CC1)N(Cc1ccccc1)C(=O)CSC1=Nc2ccccc2CS1. The molecule has 2 aliphatic rings. The average Bonchev–Trinajstić information content (AvgIpc) is 3.56. The second-order valence-electron chi connectivity index (χ2n) is 7.17. The van der Waals surface area contributed by atoms with E-state index >= 15 is 0 Å². The Labute approximate surface area is 169 Å². The first-order valence-electron chi connectivity index (χ1n) is 9.46. The van der Waals surface area contributed by atoms with E-state index < -0.39 is 0 Å². The summed E-state index contributed by atoms with van der Waals surface area (Å²) < 4.78 is 1.00. The maximum absolute atomic E-state index is 13.1. The van der Waals surface area contributed by atoms with Crippen molar-refractivity contribution in [3.63, 3.8) is 0 Å². The van der Waals surface area contributed by atoms with Crippen molar-refractivity contribution < 1.29 is 4.79 Å². The van der Waals surface area contributed by atoms with E-state index in [1.54, 1.807) is 23.5 Å². The van der Waals surface area contributed by atoms with E-state index in [0.717, 1.165) is 15.8 Å². The van der Waals surface area contributed by atoms with E-state index in [4.69, 9.17) is 4.99 Å². The smallest absolute Gasteiger partial charge is 0.233 e. The van der Waals surface area contributed by atoms with Crippen LogP contribution in [0.1, 0.15) is 30.9 Å². The molecule has 0 bridgehead atoms.